The van der Waals surface area contributed by atoms with Gasteiger partial charge in [-0.3, -0.25) is 9.80 Å². The Kier molecular flexibility index (Phi) is 4.22. The summed E-state index contributed by atoms with van der Waals surface area (Å²) in [6.07, 6.45) is 1.29. The van der Waals surface area contributed by atoms with Crippen LogP contribution in [0.2, 0.25) is 0 Å². The summed E-state index contributed by atoms with van der Waals surface area (Å²) >= 11 is 0. The van der Waals surface area contributed by atoms with Crippen LogP contribution in [0.5, 0.6) is 0 Å². The Morgan fingerprint density at radius 2 is 1.75 bits per heavy atom. The Labute approximate surface area is 100 Å². The summed E-state index contributed by atoms with van der Waals surface area (Å²) in [5.74, 6) is 0.793. The summed E-state index contributed by atoms with van der Waals surface area (Å²) in [6, 6.07) is 1.63. The summed E-state index contributed by atoms with van der Waals surface area (Å²) in [6.45, 7) is 14.5. The lowest BCUT2D eigenvalue weighted by atomic mass is 9.98. The summed E-state index contributed by atoms with van der Waals surface area (Å²) < 4.78 is 0. The van der Waals surface area contributed by atoms with Gasteiger partial charge in [-0.05, 0) is 12.3 Å². The van der Waals surface area contributed by atoms with Gasteiger partial charge in [0.15, 0.2) is 0 Å². The molecule has 0 bridgehead atoms. The number of nitrogens with one attached hydrogen (secondary N) is 1. The van der Waals surface area contributed by atoms with Crippen LogP contribution < -0.4 is 5.32 Å². The first kappa shape index (κ1) is 12.3. The van der Waals surface area contributed by atoms with Crippen molar-refractivity contribution in [2.45, 2.75) is 39.3 Å². The molecular weight excluding hydrogens is 198 g/mol. The first-order valence-electron chi connectivity index (χ1n) is 6.91. The normalized spacial score (nSPS) is 27.0. The molecule has 3 heteroatoms. The van der Waals surface area contributed by atoms with E-state index in [1.54, 1.807) is 0 Å². The van der Waals surface area contributed by atoms with Gasteiger partial charge in [-0.15, -0.1) is 0 Å². The van der Waals surface area contributed by atoms with Crippen molar-refractivity contribution in [1.29, 1.82) is 0 Å². The van der Waals surface area contributed by atoms with Crippen molar-refractivity contribution < 1.29 is 0 Å². The first-order chi connectivity index (χ1) is 7.72. The topological polar surface area (TPSA) is 18.5 Å². The van der Waals surface area contributed by atoms with Gasteiger partial charge >= 0.3 is 0 Å². The Bertz CT molecular complexity index is 205. The predicted octanol–water partition coefficient (Wildman–Crippen LogP) is 1.01. The molecule has 0 aromatic heterocycles. The molecule has 16 heavy (non-hydrogen) atoms. The monoisotopic (exact) mass is 225 g/mol. The molecule has 94 valence electrons. The minimum atomic E-state index is 0.793. The SMILES string of the molecule is CCC(C(C)C)N1CCN(C2CNC2)CC1. The van der Waals surface area contributed by atoms with E-state index in [1.165, 1.54) is 45.7 Å². The highest BCUT2D eigenvalue weighted by atomic mass is 15.3. The average Bonchev–Trinajstić information content (AvgIpc) is 2.18. The van der Waals surface area contributed by atoms with E-state index >= 15 is 0 Å². The zero-order valence-electron chi connectivity index (χ0n) is 11.1. The van der Waals surface area contributed by atoms with Crippen LogP contribution in [0.4, 0.5) is 0 Å². The average molecular weight is 225 g/mol. The van der Waals surface area contributed by atoms with E-state index in [2.05, 4.69) is 35.9 Å². The third kappa shape index (κ3) is 2.58. The van der Waals surface area contributed by atoms with Crippen molar-refractivity contribution in [3.8, 4) is 0 Å². The molecule has 2 saturated heterocycles. The highest BCUT2D eigenvalue weighted by Crippen LogP contribution is 2.18. The fourth-order valence-corrected chi connectivity index (χ4v) is 3.12. The molecule has 2 heterocycles. The number of piperazine rings is 1. The summed E-state index contributed by atoms with van der Waals surface area (Å²) in [4.78, 5) is 5.37. The van der Waals surface area contributed by atoms with Gasteiger partial charge in [0, 0.05) is 51.4 Å². The van der Waals surface area contributed by atoms with Crippen molar-refractivity contribution in [3.63, 3.8) is 0 Å². The van der Waals surface area contributed by atoms with E-state index in [0.29, 0.717) is 0 Å². The third-order valence-electron chi connectivity index (χ3n) is 4.28. The standard InChI is InChI=1S/C13H27N3/c1-4-13(11(2)3)16-7-5-15(6-8-16)12-9-14-10-12/h11-14H,4-10H2,1-3H3. The highest BCUT2D eigenvalue weighted by Gasteiger charge is 2.30. The van der Waals surface area contributed by atoms with Crippen LogP contribution in [0, 0.1) is 5.92 Å². The van der Waals surface area contributed by atoms with Gasteiger partial charge in [0.25, 0.3) is 0 Å². The summed E-state index contributed by atoms with van der Waals surface area (Å²) in [5.41, 5.74) is 0. The smallest absolute Gasteiger partial charge is 0.0346 e. The first-order valence-corrected chi connectivity index (χ1v) is 6.91. The van der Waals surface area contributed by atoms with Gasteiger partial charge in [0.2, 0.25) is 0 Å². The Hall–Kier alpha value is -0.120. The number of hydrogen-bond donors (Lipinski definition) is 1. The number of hydrogen-bond acceptors (Lipinski definition) is 3. The lowest BCUT2D eigenvalue weighted by molar-refractivity contribution is 0.0388. The molecule has 0 aromatic carbocycles. The van der Waals surface area contributed by atoms with Gasteiger partial charge in [-0.25, -0.2) is 0 Å². The zero-order valence-corrected chi connectivity index (χ0v) is 11.1. The molecule has 1 atom stereocenters. The van der Waals surface area contributed by atoms with Gasteiger partial charge in [0.1, 0.15) is 0 Å². The molecule has 2 rings (SSSR count). The van der Waals surface area contributed by atoms with Crippen molar-refractivity contribution >= 4 is 0 Å². The Balaban J connectivity index is 1.79. The zero-order chi connectivity index (χ0) is 11.5. The molecule has 2 fully saturated rings. The maximum Gasteiger partial charge on any atom is 0.0346 e. The number of rotatable bonds is 4. The lowest BCUT2D eigenvalue weighted by Gasteiger charge is -2.45. The summed E-state index contributed by atoms with van der Waals surface area (Å²) in [7, 11) is 0. The maximum absolute atomic E-state index is 3.37. The largest absolute Gasteiger partial charge is 0.314 e. The van der Waals surface area contributed by atoms with Crippen LogP contribution in [0.1, 0.15) is 27.2 Å². The molecule has 0 saturated carbocycles. The van der Waals surface area contributed by atoms with E-state index < -0.39 is 0 Å². The minimum Gasteiger partial charge on any atom is -0.314 e. The second kappa shape index (κ2) is 5.48. The fraction of sp³-hybridized carbons (Fsp3) is 1.00. The van der Waals surface area contributed by atoms with E-state index in [1.807, 2.05) is 0 Å². The highest BCUT2D eigenvalue weighted by molar-refractivity contribution is 4.88. The van der Waals surface area contributed by atoms with Gasteiger partial charge in [-0.2, -0.15) is 0 Å². The Morgan fingerprint density at radius 1 is 1.12 bits per heavy atom. The number of nitrogens with zero attached hydrogens (tertiary/aromatic N) is 2. The molecule has 0 amide bonds. The van der Waals surface area contributed by atoms with Crippen LogP contribution >= 0.6 is 0 Å². The van der Waals surface area contributed by atoms with Crippen LogP contribution in [-0.4, -0.2) is 61.2 Å². The van der Waals surface area contributed by atoms with Crippen molar-refractivity contribution in [2.24, 2.45) is 5.92 Å². The molecule has 2 aliphatic heterocycles. The van der Waals surface area contributed by atoms with Crippen LogP contribution in [-0.2, 0) is 0 Å². The van der Waals surface area contributed by atoms with Crippen molar-refractivity contribution in [1.82, 2.24) is 15.1 Å². The predicted molar refractivity (Wildman–Crippen MR) is 68.7 cm³/mol. The van der Waals surface area contributed by atoms with E-state index in [-0.39, 0.29) is 0 Å². The van der Waals surface area contributed by atoms with Gasteiger partial charge < -0.3 is 5.32 Å². The molecule has 0 aromatic rings. The van der Waals surface area contributed by atoms with E-state index in [4.69, 9.17) is 0 Å². The van der Waals surface area contributed by atoms with Gasteiger partial charge in [0.05, 0.1) is 0 Å². The second-order valence-electron chi connectivity index (χ2n) is 5.60. The Morgan fingerprint density at radius 3 is 2.12 bits per heavy atom. The molecule has 1 unspecified atom stereocenters. The molecule has 0 radical (unpaired) electrons. The minimum absolute atomic E-state index is 0.793. The maximum atomic E-state index is 3.37. The summed E-state index contributed by atoms with van der Waals surface area (Å²) in [5, 5.41) is 3.37. The quantitative estimate of drug-likeness (QED) is 0.770. The van der Waals surface area contributed by atoms with Crippen LogP contribution in [0.25, 0.3) is 0 Å². The molecule has 2 aliphatic rings. The van der Waals surface area contributed by atoms with Crippen LogP contribution in [0.15, 0.2) is 0 Å². The molecule has 0 spiro atoms. The van der Waals surface area contributed by atoms with Gasteiger partial charge in [-0.1, -0.05) is 20.8 Å². The van der Waals surface area contributed by atoms with E-state index in [9.17, 15) is 0 Å². The lowest BCUT2D eigenvalue weighted by Crippen LogP contribution is -2.62. The fourth-order valence-electron chi connectivity index (χ4n) is 3.12. The van der Waals surface area contributed by atoms with Crippen molar-refractivity contribution in [3.05, 3.63) is 0 Å². The third-order valence-corrected chi connectivity index (χ3v) is 4.28. The van der Waals surface area contributed by atoms with E-state index in [0.717, 1.165) is 18.0 Å². The molecular formula is C13H27N3. The van der Waals surface area contributed by atoms with Crippen LogP contribution in [0.3, 0.4) is 0 Å². The molecule has 3 nitrogen and oxygen atoms in total. The second-order valence-corrected chi connectivity index (χ2v) is 5.60. The van der Waals surface area contributed by atoms with Crippen molar-refractivity contribution in [2.75, 3.05) is 39.3 Å². The molecule has 1 N–H and O–H groups in total. The molecule has 0 aliphatic carbocycles.